The molecule has 1 fully saturated rings. The first-order valence-corrected chi connectivity index (χ1v) is 27.0. The van der Waals surface area contributed by atoms with Crippen molar-refractivity contribution in [3.05, 3.63) is 60.8 Å². The smallest absolute Gasteiger partial charge is 0.220 e. The molecule has 9 nitrogen and oxygen atoms in total. The second kappa shape index (κ2) is 45.7. The SMILES string of the molecule is CC/C=C\C/C=C\C/C=C\C/C=C\CCCCCCCCCCCCC(=O)NC(COC1OC(CO)C(O)C(O)C1O)C(O)/C=C/CCCCCCCCCCCCCCCCCCC. The van der Waals surface area contributed by atoms with Gasteiger partial charge >= 0.3 is 0 Å². The molecule has 0 radical (unpaired) electrons. The predicted octanol–water partition coefficient (Wildman–Crippen LogP) is 12.7. The Morgan fingerprint density at radius 1 is 0.538 bits per heavy atom. The molecule has 0 saturated carbocycles. The monoisotopic (exact) mass is 916 g/mol. The molecule has 1 amide bonds. The van der Waals surface area contributed by atoms with Crippen LogP contribution in [0.1, 0.15) is 232 Å². The second-order valence-electron chi connectivity index (χ2n) is 18.6. The molecule has 0 aliphatic carbocycles. The lowest BCUT2D eigenvalue weighted by molar-refractivity contribution is -0.302. The van der Waals surface area contributed by atoms with E-state index >= 15 is 0 Å². The molecule has 0 aromatic heterocycles. The number of nitrogens with one attached hydrogen (secondary N) is 1. The molecule has 0 aromatic rings. The predicted molar refractivity (Wildman–Crippen MR) is 272 cm³/mol. The molecule has 7 unspecified atom stereocenters. The van der Waals surface area contributed by atoms with Crippen molar-refractivity contribution < 1.29 is 39.8 Å². The Labute approximate surface area is 398 Å². The van der Waals surface area contributed by atoms with Gasteiger partial charge in [0.15, 0.2) is 6.29 Å². The molecule has 65 heavy (non-hydrogen) atoms. The lowest BCUT2D eigenvalue weighted by atomic mass is 9.99. The molecule has 1 heterocycles. The molecule has 7 atom stereocenters. The molecule has 9 heteroatoms. The normalized spacial score (nSPS) is 20.4. The first-order valence-electron chi connectivity index (χ1n) is 27.0. The van der Waals surface area contributed by atoms with E-state index in [-0.39, 0.29) is 12.5 Å². The van der Waals surface area contributed by atoms with Crippen LogP contribution >= 0.6 is 0 Å². The molecule has 0 aromatic carbocycles. The van der Waals surface area contributed by atoms with Crippen molar-refractivity contribution in [2.75, 3.05) is 13.2 Å². The maximum Gasteiger partial charge on any atom is 0.220 e. The van der Waals surface area contributed by atoms with Crippen molar-refractivity contribution in [2.24, 2.45) is 0 Å². The zero-order valence-electron chi connectivity index (χ0n) is 41.7. The molecule has 6 N–H and O–H groups in total. The zero-order chi connectivity index (χ0) is 47.3. The van der Waals surface area contributed by atoms with Crippen LogP contribution < -0.4 is 5.32 Å². The van der Waals surface area contributed by atoms with Crippen molar-refractivity contribution in [1.29, 1.82) is 0 Å². The summed E-state index contributed by atoms with van der Waals surface area (Å²) in [4.78, 5) is 13.0. The third-order valence-electron chi connectivity index (χ3n) is 12.6. The van der Waals surface area contributed by atoms with Crippen LogP contribution in [0.15, 0.2) is 60.8 Å². The highest BCUT2D eigenvalue weighted by atomic mass is 16.7. The van der Waals surface area contributed by atoms with Gasteiger partial charge < -0.3 is 40.3 Å². The first-order chi connectivity index (χ1) is 31.8. The van der Waals surface area contributed by atoms with Crippen LogP contribution in [0.2, 0.25) is 0 Å². The number of hydrogen-bond acceptors (Lipinski definition) is 8. The third-order valence-corrected chi connectivity index (χ3v) is 12.6. The van der Waals surface area contributed by atoms with E-state index in [1.165, 1.54) is 141 Å². The van der Waals surface area contributed by atoms with E-state index < -0.39 is 49.5 Å². The fourth-order valence-electron chi connectivity index (χ4n) is 8.32. The molecular formula is C56H101NO8. The molecule has 1 rings (SSSR count). The van der Waals surface area contributed by atoms with Crippen molar-refractivity contribution in [2.45, 2.75) is 275 Å². The van der Waals surface area contributed by atoms with E-state index in [9.17, 15) is 30.3 Å². The largest absolute Gasteiger partial charge is 0.394 e. The molecule has 0 spiro atoms. The maximum absolute atomic E-state index is 13.0. The van der Waals surface area contributed by atoms with Crippen LogP contribution in [0.25, 0.3) is 0 Å². The quantitative estimate of drug-likeness (QED) is 0.0261. The van der Waals surface area contributed by atoms with Crippen LogP contribution in [0.3, 0.4) is 0 Å². The van der Waals surface area contributed by atoms with E-state index in [4.69, 9.17) is 9.47 Å². The van der Waals surface area contributed by atoms with Gasteiger partial charge in [-0.05, 0) is 57.8 Å². The Bertz CT molecular complexity index is 1200. The maximum atomic E-state index is 13.0. The lowest BCUT2D eigenvalue weighted by Gasteiger charge is -2.40. The summed E-state index contributed by atoms with van der Waals surface area (Å²) in [5.74, 6) is -0.182. The number of aliphatic hydroxyl groups excluding tert-OH is 5. The van der Waals surface area contributed by atoms with Gasteiger partial charge in [0, 0.05) is 6.42 Å². The molecule has 0 bridgehead atoms. The third kappa shape index (κ3) is 35.7. The van der Waals surface area contributed by atoms with Gasteiger partial charge in [0.2, 0.25) is 5.91 Å². The Kier molecular flexibility index (Phi) is 42.8. The van der Waals surface area contributed by atoms with Gasteiger partial charge in [-0.15, -0.1) is 0 Å². The van der Waals surface area contributed by atoms with Gasteiger partial charge in [-0.1, -0.05) is 229 Å². The minimum atomic E-state index is -1.57. The lowest BCUT2D eigenvalue weighted by Crippen LogP contribution is -2.60. The van der Waals surface area contributed by atoms with Crippen molar-refractivity contribution >= 4 is 5.91 Å². The molecule has 1 aliphatic rings. The number of carbonyl (C=O) groups is 1. The summed E-state index contributed by atoms with van der Waals surface area (Å²) in [5, 5.41) is 54.4. The number of carbonyl (C=O) groups excluding carboxylic acids is 1. The van der Waals surface area contributed by atoms with Crippen LogP contribution in [-0.4, -0.2) is 87.5 Å². The van der Waals surface area contributed by atoms with Gasteiger partial charge in [-0.2, -0.15) is 0 Å². The molecule has 1 aliphatic heterocycles. The number of amides is 1. The Morgan fingerprint density at radius 3 is 1.42 bits per heavy atom. The minimum Gasteiger partial charge on any atom is -0.394 e. The van der Waals surface area contributed by atoms with E-state index in [2.05, 4.69) is 67.8 Å². The fourth-order valence-corrected chi connectivity index (χ4v) is 8.32. The minimum absolute atomic E-state index is 0.182. The van der Waals surface area contributed by atoms with Gasteiger partial charge in [-0.3, -0.25) is 4.79 Å². The Balaban J connectivity index is 2.27. The highest BCUT2D eigenvalue weighted by Crippen LogP contribution is 2.23. The van der Waals surface area contributed by atoms with E-state index in [1.54, 1.807) is 6.08 Å². The standard InChI is InChI=1S/C56H101NO8/c1-3-5-7-9-11-13-15-17-19-21-23-24-25-26-28-30-32-34-36-38-40-42-44-46-52(60)57-49(48-64-56-55(63)54(62)53(61)51(47-58)65-56)50(59)45-43-41-39-37-35-33-31-29-27-22-20-18-16-14-12-10-8-6-4-2/h5,7,11,13,17,19,23-24,43,45,49-51,53-56,58-59,61-63H,3-4,6,8-10,12,14-16,18,20-22,25-42,44,46-48H2,1-2H3,(H,57,60)/b7-5-,13-11-,19-17-,24-23-,45-43+. The topological polar surface area (TPSA) is 149 Å². The van der Waals surface area contributed by atoms with Crippen LogP contribution in [-0.2, 0) is 14.3 Å². The summed E-state index contributed by atoms with van der Waals surface area (Å²) in [7, 11) is 0. The number of aliphatic hydroxyl groups is 5. The summed E-state index contributed by atoms with van der Waals surface area (Å²) in [6.45, 7) is 3.67. The number of allylic oxidation sites excluding steroid dienone is 9. The molecule has 1 saturated heterocycles. The van der Waals surface area contributed by atoms with E-state index in [0.717, 1.165) is 70.6 Å². The number of hydrogen-bond donors (Lipinski definition) is 6. The summed E-state index contributed by atoms with van der Waals surface area (Å²) >= 11 is 0. The van der Waals surface area contributed by atoms with Crippen molar-refractivity contribution in [3.63, 3.8) is 0 Å². The van der Waals surface area contributed by atoms with Gasteiger partial charge in [0.05, 0.1) is 25.4 Å². The van der Waals surface area contributed by atoms with Gasteiger partial charge in [0.1, 0.15) is 24.4 Å². The second-order valence-corrected chi connectivity index (χ2v) is 18.6. The summed E-state index contributed by atoms with van der Waals surface area (Å²) < 4.78 is 11.3. The summed E-state index contributed by atoms with van der Waals surface area (Å²) in [5.41, 5.74) is 0. The summed E-state index contributed by atoms with van der Waals surface area (Å²) in [6, 6.07) is -0.810. The van der Waals surface area contributed by atoms with Gasteiger partial charge in [0.25, 0.3) is 0 Å². The van der Waals surface area contributed by atoms with Gasteiger partial charge in [-0.25, -0.2) is 0 Å². The Hall–Kier alpha value is -2.11. The van der Waals surface area contributed by atoms with Crippen LogP contribution in [0.4, 0.5) is 0 Å². The number of unbranched alkanes of at least 4 members (excludes halogenated alkanes) is 27. The van der Waals surface area contributed by atoms with Crippen molar-refractivity contribution in [1.82, 2.24) is 5.32 Å². The van der Waals surface area contributed by atoms with Crippen molar-refractivity contribution in [3.8, 4) is 0 Å². The molecular weight excluding hydrogens is 815 g/mol. The highest BCUT2D eigenvalue weighted by Gasteiger charge is 2.44. The van der Waals surface area contributed by atoms with E-state index in [0.29, 0.717) is 6.42 Å². The number of ether oxygens (including phenoxy) is 2. The number of rotatable bonds is 45. The van der Waals surface area contributed by atoms with Crippen LogP contribution in [0.5, 0.6) is 0 Å². The zero-order valence-corrected chi connectivity index (χ0v) is 41.7. The highest BCUT2D eigenvalue weighted by molar-refractivity contribution is 5.76. The fraction of sp³-hybridized carbons (Fsp3) is 0.804. The van der Waals surface area contributed by atoms with Crippen LogP contribution in [0, 0.1) is 0 Å². The first kappa shape index (κ1) is 60.9. The molecule has 378 valence electrons. The summed E-state index contributed by atoms with van der Waals surface area (Å²) in [6.07, 6.45) is 54.1. The average Bonchev–Trinajstić information content (AvgIpc) is 3.31. The Morgan fingerprint density at radius 2 is 0.954 bits per heavy atom. The van der Waals surface area contributed by atoms with E-state index in [1.807, 2.05) is 6.08 Å². The average molecular weight is 916 g/mol.